The molecule has 0 aliphatic rings. The fraction of sp³-hybridized carbons (Fsp3) is 0.133. The quantitative estimate of drug-likeness (QED) is 0.705. The van der Waals surface area contributed by atoms with Crippen molar-refractivity contribution in [1.82, 2.24) is 15.2 Å². The zero-order valence-electron chi connectivity index (χ0n) is 11.9. The van der Waals surface area contributed by atoms with E-state index in [0.717, 1.165) is 16.3 Å². The van der Waals surface area contributed by atoms with Crippen molar-refractivity contribution in [3.05, 3.63) is 53.7 Å². The number of nitrogens with zero attached hydrogens (tertiary/aromatic N) is 3. The van der Waals surface area contributed by atoms with Crippen molar-refractivity contribution in [2.45, 2.75) is 6.61 Å². The first-order chi connectivity index (χ1) is 10.8. The largest absolute Gasteiger partial charge is 0.485 e. The molecule has 3 rings (SSSR count). The second-order valence-corrected chi connectivity index (χ2v) is 5.24. The Kier molecular flexibility index (Phi) is 4.57. The predicted molar refractivity (Wildman–Crippen MR) is 84.5 cm³/mol. The number of benzene rings is 1. The standard InChI is InChI=1S/C15H14N4O2S/c1-20-19-14-7-13(8-16-18-14)21-9-12-10-22-15(17-12)11-5-3-2-4-6-11/h2-8,10H,9H2,1H3,(H,18,19). The fourth-order valence-corrected chi connectivity index (χ4v) is 2.64. The van der Waals surface area contributed by atoms with E-state index in [1.165, 1.54) is 7.11 Å². The maximum atomic E-state index is 5.67. The molecule has 0 bridgehead atoms. The summed E-state index contributed by atoms with van der Waals surface area (Å²) < 4.78 is 5.67. The van der Waals surface area contributed by atoms with E-state index in [1.807, 2.05) is 35.7 Å². The molecule has 0 saturated heterocycles. The van der Waals surface area contributed by atoms with Gasteiger partial charge >= 0.3 is 0 Å². The van der Waals surface area contributed by atoms with E-state index in [2.05, 4.69) is 20.7 Å². The number of aromatic nitrogens is 3. The lowest BCUT2D eigenvalue weighted by Gasteiger charge is -2.05. The Morgan fingerprint density at radius 2 is 2.09 bits per heavy atom. The molecule has 0 unspecified atom stereocenters. The van der Waals surface area contributed by atoms with Crippen molar-refractivity contribution in [3.8, 4) is 16.3 Å². The van der Waals surface area contributed by atoms with Crippen LogP contribution in [0.25, 0.3) is 10.6 Å². The fourth-order valence-electron chi connectivity index (χ4n) is 1.83. The van der Waals surface area contributed by atoms with Gasteiger partial charge in [-0.15, -0.1) is 16.4 Å². The van der Waals surface area contributed by atoms with Crippen molar-refractivity contribution in [1.29, 1.82) is 0 Å². The molecule has 2 aromatic heterocycles. The average molecular weight is 314 g/mol. The summed E-state index contributed by atoms with van der Waals surface area (Å²) in [5, 5.41) is 10.7. The summed E-state index contributed by atoms with van der Waals surface area (Å²) >= 11 is 1.60. The predicted octanol–water partition coefficient (Wildman–Crippen LogP) is 3.15. The van der Waals surface area contributed by atoms with Gasteiger partial charge < -0.3 is 4.74 Å². The SMILES string of the molecule is CONc1cc(OCc2csc(-c3ccccc3)n2)cnn1. The molecule has 112 valence electrons. The first-order valence-electron chi connectivity index (χ1n) is 6.59. The number of ether oxygens (including phenoxy) is 1. The number of thiazole rings is 1. The Bertz CT molecular complexity index is 733. The van der Waals surface area contributed by atoms with Crippen LogP contribution in [-0.4, -0.2) is 22.3 Å². The maximum absolute atomic E-state index is 5.67. The van der Waals surface area contributed by atoms with Crippen LogP contribution in [0.2, 0.25) is 0 Å². The van der Waals surface area contributed by atoms with Gasteiger partial charge in [-0.25, -0.2) is 10.5 Å². The van der Waals surface area contributed by atoms with Gasteiger partial charge in [-0.2, -0.15) is 5.10 Å². The Morgan fingerprint density at radius 3 is 2.91 bits per heavy atom. The van der Waals surface area contributed by atoms with Gasteiger partial charge in [0.25, 0.3) is 0 Å². The number of hydrogen-bond donors (Lipinski definition) is 1. The Hall–Kier alpha value is -2.51. The van der Waals surface area contributed by atoms with E-state index < -0.39 is 0 Å². The minimum absolute atomic E-state index is 0.376. The van der Waals surface area contributed by atoms with Crippen LogP contribution in [0, 0.1) is 0 Å². The second kappa shape index (κ2) is 6.97. The van der Waals surface area contributed by atoms with Gasteiger partial charge in [0.2, 0.25) is 0 Å². The molecule has 0 saturated carbocycles. The number of rotatable bonds is 6. The highest BCUT2D eigenvalue weighted by Gasteiger charge is 2.06. The molecule has 0 aliphatic carbocycles. The molecule has 1 N–H and O–H groups in total. The Labute approximate surface area is 131 Å². The summed E-state index contributed by atoms with van der Waals surface area (Å²) in [4.78, 5) is 9.35. The van der Waals surface area contributed by atoms with Crippen LogP contribution in [0.5, 0.6) is 5.75 Å². The minimum Gasteiger partial charge on any atom is -0.485 e. The number of nitrogens with one attached hydrogen (secondary N) is 1. The van der Waals surface area contributed by atoms with Gasteiger partial charge in [0.1, 0.15) is 17.4 Å². The van der Waals surface area contributed by atoms with Gasteiger partial charge in [-0.05, 0) is 0 Å². The smallest absolute Gasteiger partial charge is 0.176 e. The summed E-state index contributed by atoms with van der Waals surface area (Å²) in [7, 11) is 1.51. The molecule has 0 aliphatic heterocycles. The topological polar surface area (TPSA) is 69.2 Å². The van der Waals surface area contributed by atoms with Crippen LogP contribution in [0.1, 0.15) is 5.69 Å². The van der Waals surface area contributed by atoms with E-state index in [4.69, 9.17) is 9.57 Å². The molecule has 0 spiro atoms. The van der Waals surface area contributed by atoms with Crippen LogP contribution in [-0.2, 0) is 11.4 Å². The molecular weight excluding hydrogens is 300 g/mol. The zero-order chi connectivity index (χ0) is 15.2. The molecule has 0 atom stereocenters. The van der Waals surface area contributed by atoms with E-state index in [1.54, 1.807) is 23.6 Å². The number of anilines is 1. The van der Waals surface area contributed by atoms with E-state index in [9.17, 15) is 0 Å². The minimum atomic E-state index is 0.376. The van der Waals surface area contributed by atoms with Crippen LogP contribution in [0.4, 0.5) is 5.82 Å². The molecule has 22 heavy (non-hydrogen) atoms. The molecule has 6 nitrogen and oxygen atoms in total. The van der Waals surface area contributed by atoms with Gasteiger partial charge in [0, 0.05) is 17.0 Å². The highest BCUT2D eigenvalue weighted by Crippen LogP contribution is 2.24. The highest BCUT2D eigenvalue weighted by molar-refractivity contribution is 7.13. The summed E-state index contributed by atoms with van der Waals surface area (Å²) in [6.45, 7) is 0.376. The molecule has 3 aromatic rings. The molecule has 1 aromatic carbocycles. The Balaban J connectivity index is 1.65. The van der Waals surface area contributed by atoms with Crippen LogP contribution >= 0.6 is 11.3 Å². The average Bonchev–Trinajstić information content (AvgIpc) is 3.04. The van der Waals surface area contributed by atoms with Crippen molar-refractivity contribution in [2.75, 3.05) is 12.6 Å². The third-order valence-corrected chi connectivity index (χ3v) is 3.74. The molecular formula is C15H14N4O2S. The van der Waals surface area contributed by atoms with Gasteiger partial charge in [0.15, 0.2) is 5.82 Å². The lowest BCUT2D eigenvalue weighted by atomic mass is 10.2. The zero-order valence-corrected chi connectivity index (χ0v) is 12.7. The molecule has 2 heterocycles. The summed E-state index contributed by atoms with van der Waals surface area (Å²) in [6, 6.07) is 11.8. The summed E-state index contributed by atoms with van der Waals surface area (Å²) in [5.41, 5.74) is 4.59. The first kappa shape index (κ1) is 14.4. The van der Waals surface area contributed by atoms with Crippen molar-refractivity contribution in [3.63, 3.8) is 0 Å². The first-order valence-corrected chi connectivity index (χ1v) is 7.47. The lowest BCUT2D eigenvalue weighted by molar-refractivity contribution is 0.266. The highest BCUT2D eigenvalue weighted by atomic mass is 32.1. The van der Waals surface area contributed by atoms with E-state index in [-0.39, 0.29) is 0 Å². The summed E-state index contributed by atoms with van der Waals surface area (Å²) in [6.07, 6.45) is 1.55. The van der Waals surface area contributed by atoms with E-state index in [0.29, 0.717) is 18.2 Å². The molecule has 0 radical (unpaired) electrons. The molecule has 7 heteroatoms. The van der Waals surface area contributed by atoms with Gasteiger partial charge in [-0.3, -0.25) is 4.84 Å². The number of hydrogen-bond acceptors (Lipinski definition) is 7. The maximum Gasteiger partial charge on any atom is 0.176 e. The van der Waals surface area contributed by atoms with Crippen LogP contribution in [0.3, 0.4) is 0 Å². The Morgan fingerprint density at radius 1 is 1.23 bits per heavy atom. The van der Waals surface area contributed by atoms with Crippen LogP contribution < -0.4 is 10.2 Å². The van der Waals surface area contributed by atoms with Crippen molar-refractivity contribution < 1.29 is 9.57 Å². The molecule has 0 amide bonds. The van der Waals surface area contributed by atoms with Gasteiger partial charge in [-0.1, -0.05) is 30.3 Å². The second-order valence-electron chi connectivity index (χ2n) is 4.38. The van der Waals surface area contributed by atoms with Gasteiger partial charge in [0.05, 0.1) is 19.0 Å². The van der Waals surface area contributed by atoms with Crippen LogP contribution in [0.15, 0.2) is 48.0 Å². The summed E-state index contributed by atoms with van der Waals surface area (Å²) in [5.74, 6) is 1.09. The lowest BCUT2D eigenvalue weighted by Crippen LogP contribution is -2.01. The van der Waals surface area contributed by atoms with Crippen molar-refractivity contribution >= 4 is 17.2 Å². The monoisotopic (exact) mass is 314 g/mol. The van der Waals surface area contributed by atoms with Crippen molar-refractivity contribution in [2.24, 2.45) is 0 Å². The normalized spacial score (nSPS) is 10.4. The third-order valence-electron chi connectivity index (χ3n) is 2.80. The van der Waals surface area contributed by atoms with E-state index >= 15 is 0 Å². The third kappa shape index (κ3) is 3.57. The molecule has 0 fully saturated rings.